The van der Waals surface area contributed by atoms with Crippen molar-refractivity contribution in [3.05, 3.63) is 58.1 Å². The van der Waals surface area contributed by atoms with E-state index in [1.165, 1.54) is 0 Å². The number of hydrogen-bond acceptors (Lipinski definition) is 2. The number of halogens is 1. The Morgan fingerprint density at radius 3 is 2.65 bits per heavy atom. The van der Waals surface area contributed by atoms with Crippen molar-refractivity contribution in [2.75, 3.05) is 11.9 Å². The van der Waals surface area contributed by atoms with Gasteiger partial charge in [-0.3, -0.25) is 4.79 Å². The normalized spacial score (nSPS) is 10.7. The molecule has 0 unspecified atom stereocenters. The first-order chi connectivity index (χ1) is 11.0. The number of anilines is 1. The summed E-state index contributed by atoms with van der Waals surface area (Å²) in [6, 6.07) is 13.7. The van der Waals surface area contributed by atoms with Crippen molar-refractivity contribution < 1.29 is 9.53 Å². The second kappa shape index (κ2) is 8.16. The fourth-order valence-corrected chi connectivity index (χ4v) is 2.82. The van der Waals surface area contributed by atoms with Gasteiger partial charge in [0.2, 0.25) is 0 Å². The highest BCUT2D eigenvalue weighted by molar-refractivity contribution is 9.10. The molecule has 0 aliphatic carbocycles. The van der Waals surface area contributed by atoms with Crippen molar-refractivity contribution in [2.24, 2.45) is 0 Å². The molecule has 4 heteroatoms. The molecule has 0 aromatic heterocycles. The van der Waals surface area contributed by atoms with Crippen LogP contribution in [-0.4, -0.2) is 12.5 Å². The molecule has 0 saturated heterocycles. The van der Waals surface area contributed by atoms with Crippen LogP contribution in [-0.2, 0) is 11.2 Å². The molecule has 0 heterocycles. The van der Waals surface area contributed by atoms with Crippen LogP contribution in [0.2, 0.25) is 0 Å². The summed E-state index contributed by atoms with van der Waals surface area (Å²) in [7, 11) is 0. The molecule has 0 radical (unpaired) electrons. The van der Waals surface area contributed by atoms with E-state index in [4.69, 9.17) is 4.74 Å². The number of carbonyl (C=O) groups is 1. The fraction of sp³-hybridized carbons (Fsp3) is 0.316. The van der Waals surface area contributed by atoms with E-state index in [2.05, 4.69) is 42.0 Å². The van der Waals surface area contributed by atoms with Gasteiger partial charge in [-0.05, 0) is 47.7 Å². The second-order valence-electron chi connectivity index (χ2n) is 5.68. The van der Waals surface area contributed by atoms with Gasteiger partial charge >= 0.3 is 0 Å². The molecule has 2 rings (SSSR count). The Bertz CT molecular complexity index is 683. The van der Waals surface area contributed by atoms with Crippen molar-refractivity contribution in [2.45, 2.75) is 33.1 Å². The van der Waals surface area contributed by atoms with E-state index in [0.29, 0.717) is 5.92 Å². The van der Waals surface area contributed by atoms with E-state index in [1.54, 1.807) is 0 Å². The lowest BCUT2D eigenvalue weighted by Gasteiger charge is -2.14. The highest BCUT2D eigenvalue weighted by atomic mass is 79.9. The Kier molecular flexibility index (Phi) is 6.22. The maximum atomic E-state index is 12.2. The van der Waals surface area contributed by atoms with Gasteiger partial charge < -0.3 is 10.1 Å². The van der Waals surface area contributed by atoms with E-state index in [9.17, 15) is 4.79 Å². The molecule has 0 aliphatic heterocycles. The highest BCUT2D eigenvalue weighted by Gasteiger charge is 2.10. The summed E-state index contributed by atoms with van der Waals surface area (Å²) in [6.45, 7) is 6.28. The van der Waals surface area contributed by atoms with Crippen LogP contribution in [0.5, 0.6) is 5.75 Å². The van der Waals surface area contributed by atoms with Crippen LogP contribution in [0.15, 0.2) is 46.9 Å². The predicted octanol–water partition coefficient (Wildman–Crippen LogP) is 5.15. The average molecular weight is 376 g/mol. The Morgan fingerprint density at radius 1 is 1.22 bits per heavy atom. The van der Waals surface area contributed by atoms with Crippen molar-refractivity contribution in [1.29, 1.82) is 0 Å². The van der Waals surface area contributed by atoms with Crippen LogP contribution in [0.4, 0.5) is 5.69 Å². The number of nitrogens with one attached hydrogen (secondary N) is 1. The summed E-state index contributed by atoms with van der Waals surface area (Å²) in [5.41, 5.74) is 3.05. The summed E-state index contributed by atoms with van der Waals surface area (Å²) in [5.74, 6) is 0.955. The minimum absolute atomic E-state index is 0.00105. The van der Waals surface area contributed by atoms with Crippen LogP contribution in [0.25, 0.3) is 0 Å². The van der Waals surface area contributed by atoms with Gasteiger partial charge in [-0.25, -0.2) is 0 Å². The molecule has 1 amide bonds. The fourth-order valence-electron chi connectivity index (χ4n) is 2.41. The number of ether oxygens (including phenoxy) is 1. The summed E-state index contributed by atoms with van der Waals surface area (Å²) in [6.07, 6.45) is 0.854. The van der Waals surface area contributed by atoms with Gasteiger partial charge in [0, 0.05) is 10.2 Å². The maximum Gasteiger partial charge on any atom is 0.262 e. The first-order valence-electron chi connectivity index (χ1n) is 7.81. The molecule has 0 fully saturated rings. The summed E-state index contributed by atoms with van der Waals surface area (Å²) < 4.78 is 6.70. The van der Waals surface area contributed by atoms with E-state index >= 15 is 0 Å². The SMILES string of the molecule is CCc1cc(Br)ccc1OCC(=O)Nc1ccccc1C(C)C. The second-order valence-corrected chi connectivity index (χ2v) is 6.60. The lowest BCUT2D eigenvalue weighted by molar-refractivity contribution is -0.118. The number of aryl methyl sites for hydroxylation is 1. The zero-order valence-electron chi connectivity index (χ0n) is 13.7. The summed E-state index contributed by atoms with van der Waals surface area (Å²) in [4.78, 5) is 12.2. The average Bonchev–Trinajstić information content (AvgIpc) is 2.53. The first-order valence-corrected chi connectivity index (χ1v) is 8.60. The first kappa shape index (κ1) is 17.5. The van der Waals surface area contributed by atoms with Crippen LogP contribution < -0.4 is 10.1 Å². The zero-order valence-corrected chi connectivity index (χ0v) is 15.3. The standard InChI is InChI=1S/C19H22BrNO2/c1-4-14-11-15(20)9-10-18(14)23-12-19(22)21-17-8-6-5-7-16(17)13(2)3/h5-11,13H,4,12H2,1-3H3,(H,21,22). The van der Waals surface area contributed by atoms with Gasteiger partial charge in [0.05, 0.1) is 0 Å². The Labute approximate surface area is 146 Å². The number of hydrogen-bond donors (Lipinski definition) is 1. The third-order valence-electron chi connectivity index (χ3n) is 3.62. The smallest absolute Gasteiger partial charge is 0.262 e. The molecule has 2 aromatic carbocycles. The van der Waals surface area contributed by atoms with Crippen molar-refractivity contribution in [1.82, 2.24) is 0 Å². The molecule has 0 spiro atoms. The number of amides is 1. The number of benzene rings is 2. The lowest BCUT2D eigenvalue weighted by atomic mass is 10.0. The third kappa shape index (κ3) is 4.83. The van der Waals surface area contributed by atoms with Gasteiger partial charge in [-0.2, -0.15) is 0 Å². The summed E-state index contributed by atoms with van der Waals surface area (Å²) >= 11 is 3.45. The van der Waals surface area contributed by atoms with Crippen molar-refractivity contribution >= 4 is 27.5 Å². The van der Waals surface area contributed by atoms with Crippen LogP contribution >= 0.6 is 15.9 Å². The van der Waals surface area contributed by atoms with Crippen LogP contribution in [0, 0.1) is 0 Å². The van der Waals surface area contributed by atoms with Gasteiger partial charge in [0.15, 0.2) is 6.61 Å². The molecule has 2 aromatic rings. The topological polar surface area (TPSA) is 38.3 Å². The van der Waals surface area contributed by atoms with Gasteiger partial charge in [-0.15, -0.1) is 0 Å². The Balaban J connectivity index is 2.01. The molecule has 0 atom stereocenters. The van der Waals surface area contributed by atoms with Crippen molar-refractivity contribution in [3.63, 3.8) is 0 Å². The molecular weight excluding hydrogens is 354 g/mol. The molecule has 0 aliphatic rings. The quantitative estimate of drug-likeness (QED) is 0.757. The Morgan fingerprint density at radius 2 is 1.96 bits per heavy atom. The monoisotopic (exact) mass is 375 g/mol. The zero-order chi connectivity index (χ0) is 16.8. The van der Waals surface area contributed by atoms with E-state index in [-0.39, 0.29) is 12.5 Å². The van der Waals surface area contributed by atoms with Crippen LogP contribution in [0.3, 0.4) is 0 Å². The molecule has 1 N–H and O–H groups in total. The number of carbonyl (C=O) groups excluding carboxylic acids is 1. The molecule has 0 bridgehead atoms. The third-order valence-corrected chi connectivity index (χ3v) is 4.11. The lowest BCUT2D eigenvalue weighted by Crippen LogP contribution is -2.21. The largest absolute Gasteiger partial charge is 0.483 e. The van der Waals surface area contributed by atoms with E-state index < -0.39 is 0 Å². The van der Waals surface area contributed by atoms with Gasteiger partial charge in [0.25, 0.3) is 5.91 Å². The van der Waals surface area contributed by atoms with Crippen LogP contribution in [0.1, 0.15) is 37.8 Å². The molecule has 23 heavy (non-hydrogen) atoms. The molecule has 122 valence electrons. The van der Waals surface area contributed by atoms with E-state index in [1.807, 2.05) is 42.5 Å². The predicted molar refractivity (Wildman–Crippen MR) is 98.2 cm³/mol. The highest BCUT2D eigenvalue weighted by Crippen LogP contribution is 2.25. The van der Waals surface area contributed by atoms with E-state index in [0.717, 1.165) is 33.5 Å². The number of rotatable bonds is 6. The molecular formula is C19H22BrNO2. The number of para-hydroxylation sites is 1. The van der Waals surface area contributed by atoms with Gasteiger partial charge in [-0.1, -0.05) is 54.9 Å². The molecule has 0 saturated carbocycles. The van der Waals surface area contributed by atoms with Crippen molar-refractivity contribution in [3.8, 4) is 5.75 Å². The summed E-state index contributed by atoms with van der Waals surface area (Å²) in [5, 5.41) is 2.94. The molecule has 3 nitrogen and oxygen atoms in total. The minimum Gasteiger partial charge on any atom is -0.483 e. The minimum atomic E-state index is -0.150. The van der Waals surface area contributed by atoms with Gasteiger partial charge in [0.1, 0.15) is 5.75 Å². The Hall–Kier alpha value is -1.81. The maximum absolute atomic E-state index is 12.2.